The van der Waals surface area contributed by atoms with E-state index in [9.17, 15) is 4.79 Å². The maximum Gasteiger partial charge on any atom is 0.303 e. The van der Waals surface area contributed by atoms with Crippen molar-refractivity contribution < 1.29 is 9.90 Å². The Morgan fingerprint density at radius 3 is 3.00 bits per heavy atom. The van der Waals surface area contributed by atoms with Crippen molar-refractivity contribution in [2.24, 2.45) is 0 Å². The van der Waals surface area contributed by atoms with Gasteiger partial charge in [0.25, 0.3) is 0 Å². The van der Waals surface area contributed by atoms with Gasteiger partial charge in [-0.15, -0.1) is 11.8 Å². The molecule has 0 saturated carbocycles. The van der Waals surface area contributed by atoms with Crippen molar-refractivity contribution in [3.8, 4) is 6.07 Å². The third-order valence-electron chi connectivity index (χ3n) is 1.27. The highest BCUT2D eigenvalue weighted by molar-refractivity contribution is 8.02. The van der Waals surface area contributed by atoms with Crippen molar-refractivity contribution in [1.82, 2.24) is 0 Å². The zero-order valence-corrected chi connectivity index (χ0v) is 8.22. The molecule has 1 N–H and O–H groups in total. The molecular formula is C9H13NO2S. The van der Waals surface area contributed by atoms with Crippen molar-refractivity contribution in [2.75, 3.05) is 5.75 Å². The van der Waals surface area contributed by atoms with E-state index in [1.807, 2.05) is 17.6 Å². The third kappa shape index (κ3) is 11.0. The Kier molecular flexibility index (Phi) is 8.47. The molecule has 72 valence electrons. The molecule has 0 fully saturated rings. The minimum Gasteiger partial charge on any atom is -0.481 e. The minimum atomic E-state index is -0.742. The molecule has 3 nitrogen and oxygen atoms in total. The van der Waals surface area contributed by atoms with E-state index < -0.39 is 5.97 Å². The quantitative estimate of drug-likeness (QED) is 0.639. The smallest absolute Gasteiger partial charge is 0.303 e. The molecular weight excluding hydrogens is 186 g/mol. The largest absolute Gasteiger partial charge is 0.481 e. The fourth-order valence-corrected chi connectivity index (χ4v) is 1.38. The summed E-state index contributed by atoms with van der Waals surface area (Å²) < 4.78 is 0. The molecule has 0 radical (unpaired) electrons. The number of aliphatic carboxylic acids is 1. The first-order valence-corrected chi connectivity index (χ1v) is 5.17. The number of unbranched alkanes of at least 4 members (excludes halogenated alkanes) is 1. The van der Waals surface area contributed by atoms with Crippen LogP contribution in [0.3, 0.4) is 0 Å². The lowest BCUT2D eigenvalue weighted by Gasteiger charge is -1.92. The molecule has 0 aliphatic carbocycles. The molecule has 0 saturated heterocycles. The summed E-state index contributed by atoms with van der Waals surface area (Å²) in [5.41, 5.74) is 0. The number of hydrogen-bond acceptors (Lipinski definition) is 3. The topological polar surface area (TPSA) is 61.1 Å². The average Bonchev–Trinajstić information content (AvgIpc) is 2.09. The fraction of sp³-hybridized carbons (Fsp3) is 0.556. The standard InChI is InChI=1S/C9H13NO2S/c10-6-2-1-3-7-13-8-4-5-9(11)12/h3,7H,1-2,4-5,8H2,(H,11,12). The molecule has 0 aromatic heterocycles. The van der Waals surface area contributed by atoms with Crippen LogP contribution in [0, 0.1) is 11.3 Å². The van der Waals surface area contributed by atoms with E-state index in [1.54, 1.807) is 11.8 Å². The maximum absolute atomic E-state index is 10.1. The molecule has 0 rings (SSSR count). The molecule has 0 bridgehead atoms. The summed E-state index contributed by atoms with van der Waals surface area (Å²) in [6.45, 7) is 0. The lowest BCUT2D eigenvalue weighted by atomic mass is 10.3. The molecule has 0 spiro atoms. The van der Waals surface area contributed by atoms with Crippen LogP contribution in [0.4, 0.5) is 0 Å². The van der Waals surface area contributed by atoms with Gasteiger partial charge in [0, 0.05) is 12.8 Å². The highest BCUT2D eigenvalue weighted by Gasteiger charge is 1.94. The van der Waals surface area contributed by atoms with Crippen molar-refractivity contribution >= 4 is 17.7 Å². The van der Waals surface area contributed by atoms with Crippen LogP contribution in [0.15, 0.2) is 11.5 Å². The van der Waals surface area contributed by atoms with Crippen LogP contribution in [0.2, 0.25) is 0 Å². The van der Waals surface area contributed by atoms with Crippen molar-refractivity contribution in [1.29, 1.82) is 5.26 Å². The van der Waals surface area contributed by atoms with Gasteiger partial charge in [0.1, 0.15) is 0 Å². The van der Waals surface area contributed by atoms with Crippen LogP contribution in [0.1, 0.15) is 25.7 Å². The van der Waals surface area contributed by atoms with Crippen LogP contribution in [0.5, 0.6) is 0 Å². The Morgan fingerprint density at radius 1 is 1.62 bits per heavy atom. The van der Waals surface area contributed by atoms with E-state index in [0.29, 0.717) is 12.8 Å². The normalized spacial score (nSPS) is 10.1. The van der Waals surface area contributed by atoms with E-state index in [2.05, 4.69) is 0 Å². The zero-order valence-electron chi connectivity index (χ0n) is 7.40. The number of carboxylic acid groups (broad SMARTS) is 1. The number of allylic oxidation sites excluding steroid dienone is 1. The van der Waals surface area contributed by atoms with Crippen LogP contribution in [-0.2, 0) is 4.79 Å². The summed E-state index contributed by atoms with van der Waals surface area (Å²) in [5, 5.41) is 18.5. The molecule has 0 aromatic rings. The molecule has 0 unspecified atom stereocenters. The van der Waals surface area contributed by atoms with Gasteiger partial charge in [0.15, 0.2) is 0 Å². The first-order valence-electron chi connectivity index (χ1n) is 4.12. The summed E-state index contributed by atoms with van der Waals surface area (Å²) in [6.07, 6.45) is 4.20. The Hall–Kier alpha value is -0.950. The molecule has 0 aliphatic rings. The number of nitriles is 1. The first kappa shape index (κ1) is 12.0. The third-order valence-corrected chi connectivity index (χ3v) is 2.18. The second kappa shape index (κ2) is 9.14. The van der Waals surface area contributed by atoms with Crippen LogP contribution >= 0.6 is 11.8 Å². The Labute approximate surface area is 82.4 Å². The molecule has 4 heteroatoms. The van der Waals surface area contributed by atoms with Crippen LogP contribution in [-0.4, -0.2) is 16.8 Å². The summed E-state index contributed by atoms with van der Waals surface area (Å²) in [4.78, 5) is 10.1. The second-order valence-electron chi connectivity index (χ2n) is 2.44. The SMILES string of the molecule is N#CCCC=CSCCCC(=O)O. The van der Waals surface area contributed by atoms with Gasteiger partial charge in [-0.1, -0.05) is 6.08 Å². The summed E-state index contributed by atoms with van der Waals surface area (Å²) in [6, 6.07) is 2.05. The van der Waals surface area contributed by atoms with Crippen molar-refractivity contribution in [3.05, 3.63) is 11.5 Å². The average molecular weight is 199 g/mol. The number of thioether (sulfide) groups is 1. The van der Waals surface area contributed by atoms with Crippen molar-refractivity contribution in [2.45, 2.75) is 25.7 Å². The van der Waals surface area contributed by atoms with Gasteiger partial charge < -0.3 is 5.11 Å². The van der Waals surface area contributed by atoms with Gasteiger partial charge >= 0.3 is 5.97 Å². The number of carbonyl (C=O) groups is 1. The van der Waals surface area contributed by atoms with Crippen LogP contribution in [0.25, 0.3) is 0 Å². The number of nitrogens with zero attached hydrogens (tertiary/aromatic N) is 1. The van der Waals surface area contributed by atoms with Gasteiger partial charge in [-0.25, -0.2) is 0 Å². The van der Waals surface area contributed by atoms with Crippen molar-refractivity contribution in [3.63, 3.8) is 0 Å². The molecule has 0 amide bonds. The van der Waals surface area contributed by atoms with E-state index in [4.69, 9.17) is 10.4 Å². The second-order valence-corrected chi connectivity index (χ2v) is 3.45. The Bertz CT molecular complexity index is 208. The summed E-state index contributed by atoms with van der Waals surface area (Å²) in [7, 11) is 0. The highest BCUT2D eigenvalue weighted by Crippen LogP contribution is 2.07. The highest BCUT2D eigenvalue weighted by atomic mass is 32.2. The predicted octanol–water partition coefficient (Wildman–Crippen LogP) is 2.40. The number of rotatable bonds is 7. The predicted molar refractivity (Wildman–Crippen MR) is 53.3 cm³/mol. The summed E-state index contributed by atoms with van der Waals surface area (Å²) in [5.74, 6) is 0.0871. The molecule has 0 heterocycles. The van der Waals surface area contributed by atoms with Crippen LogP contribution < -0.4 is 0 Å². The first-order chi connectivity index (χ1) is 6.27. The van der Waals surface area contributed by atoms with E-state index in [0.717, 1.165) is 12.2 Å². The van der Waals surface area contributed by atoms with Gasteiger partial charge in [-0.3, -0.25) is 4.79 Å². The van der Waals surface area contributed by atoms with E-state index in [1.165, 1.54) is 0 Å². The molecule has 0 aliphatic heterocycles. The van der Waals surface area contributed by atoms with Gasteiger partial charge in [0.05, 0.1) is 6.07 Å². The maximum atomic E-state index is 10.1. The minimum absolute atomic E-state index is 0.235. The lowest BCUT2D eigenvalue weighted by molar-refractivity contribution is -0.137. The van der Waals surface area contributed by atoms with Gasteiger partial charge in [-0.05, 0) is 24.0 Å². The Morgan fingerprint density at radius 2 is 2.38 bits per heavy atom. The fourth-order valence-electron chi connectivity index (χ4n) is 0.659. The van der Waals surface area contributed by atoms with E-state index in [-0.39, 0.29) is 6.42 Å². The lowest BCUT2D eigenvalue weighted by Crippen LogP contribution is -1.94. The summed E-state index contributed by atoms with van der Waals surface area (Å²) >= 11 is 1.59. The zero-order chi connectivity index (χ0) is 9.94. The van der Waals surface area contributed by atoms with E-state index >= 15 is 0 Å². The van der Waals surface area contributed by atoms with Gasteiger partial charge in [-0.2, -0.15) is 5.26 Å². The number of hydrogen-bond donors (Lipinski definition) is 1. The van der Waals surface area contributed by atoms with Gasteiger partial charge in [0.2, 0.25) is 0 Å². The Balaban J connectivity index is 3.12. The monoisotopic (exact) mass is 199 g/mol. The molecule has 0 aromatic carbocycles. The molecule has 0 atom stereocenters. The molecule has 13 heavy (non-hydrogen) atoms. The number of carboxylic acids is 1.